The number of aliphatic hydroxyl groups excluding tert-OH is 1. The van der Waals surface area contributed by atoms with E-state index in [1.54, 1.807) is 12.1 Å². The number of carbonyl (C=O) groups is 2. The van der Waals surface area contributed by atoms with E-state index in [0.29, 0.717) is 5.56 Å². The maximum Gasteiger partial charge on any atom is 0.251 e. The van der Waals surface area contributed by atoms with Crippen LogP contribution in [0.3, 0.4) is 0 Å². The predicted octanol–water partition coefficient (Wildman–Crippen LogP) is 2.03. The Morgan fingerprint density at radius 1 is 1.00 bits per heavy atom. The average molecular weight is 283 g/mol. The predicted molar refractivity (Wildman–Crippen MR) is 80.9 cm³/mol. The van der Waals surface area contributed by atoms with Crippen molar-refractivity contribution in [3.8, 4) is 11.1 Å². The van der Waals surface area contributed by atoms with E-state index in [0.717, 1.165) is 11.1 Å². The fraction of sp³-hybridized carbons (Fsp3) is 0.176. The summed E-state index contributed by atoms with van der Waals surface area (Å²) in [6.45, 7) is 0.933. The van der Waals surface area contributed by atoms with Crippen LogP contribution in [0.1, 0.15) is 17.3 Å². The molecule has 21 heavy (non-hydrogen) atoms. The van der Waals surface area contributed by atoms with Crippen molar-refractivity contribution in [2.45, 2.75) is 13.0 Å². The van der Waals surface area contributed by atoms with Crippen LogP contribution in [0, 0.1) is 0 Å². The first kappa shape index (κ1) is 14.9. The zero-order valence-electron chi connectivity index (χ0n) is 11.7. The summed E-state index contributed by atoms with van der Waals surface area (Å²) in [6.07, 6.45) is 0. The van der Waals surface area contributed by atoms with Crippen LogP contribution >= 0.6 is 0 Å². The van der Waals surface area contributed by atoms with Gasteiger partial charge in [-0.1, -0.05) is 42.5 Å². The number of carbonyl (C=O) groups excluding carboxylic acids is 2. The first-order valence-electron chi connectivity index (χ1n) is 6.69. The molecule has 0 heterocycles. The molecule has 4 heteroatoms. The number of rotatable bonds is 5. The lowest BCUT2D eigenvalue weighted by Gasteiger charge is -2.13. The fourth-order valence-corrected chi connectivity index (χ4v) is 1.96. The van der Waals surface area contributed by atoms with Crippen molar-refractivity contribution in [3.05, 3.63) is 60.2 Å². The molecule has 0 radical (unpaired) electrons. The van der Waals surface area contributed by atoms with E-state index >= 15 is 0 Å². The first-order chi connectivity index (χ1) is 10.1. The number of amides is 1. The van der Waals surface area contributed by atoms with Gasteiger partial charge >= 0.3 is 0 Å². The average Bonchev–Trinajstić information content (AvgIpc) is 2.53. The maximum atomic E-state index is 12.0. The van der Waals surface area contributed by atoms with Crippen LogP contribution in [0.15, 0.2) is 54.6 Å². The van der Waals surface area contributed by atoms with Crippen molar-refractivity contribution in [2.75, 3.05) is 6.61 Å². The van der Waals surface area contributed by atoms with Crippen LogP contribution in [0.5, 0.6) is 0 Å². The summed E-state index contributed by atoms with van der Waals surface area (Å²) in [5, 5.41) is 11.6. The van der Waals surface area contributed by atoms with E-state index in [2.05, 4.69) is 5.32 Å². The van der Waals surface area contributed by atoms with Gasteiger partial charge in [0.25, 0.3) is 5.91 Å². The van der Waals surface area contributed by atoms with E-state index in [4.69, 9.17) is 5.11 Å². The molecule has 0 saturated heterocycles. The second kappa shape index (κ2) is 6.81. The van der Waals surface area contributed by atoms with Crippen LogP contribution in [0.2, 0.25) is 0 Å². The number of hydrogen-bond acceptors (Lipinski definition) is 3. The summed E-state index contributed by atoms with van der Waals surface area (Å²) < 4.78 is 0. The van der Waals surface area contributed by atoms with Gasteiger partial charge in [0.15, 0.2) is 5.78 Å². The minimum Gasteiger partial charge on any atom is -0.394 e. The number of benzene rings is 2. The SMILES string of the molecule is CC(=O)C(CO)NC(=O)c1ccc(-c2ccccc2)cc1. The van der Waals surface area contributed by atoms with Gasteiger partial charge < -0.3 is 10.4 Å². The molecule has 0 aliphatic rings. The maximum absolute atomic E-state index is 12.0. The molecule has 1 atom stereocenters. The van der Waals surface area contributed by atoms with Crippen LogP contribution in [-0.4, -0.2) is 29.4 Å². The van der Waals surface area contributed by atoms with Crippen molar-refractivity contribution >= 4 is 11.7 Å². The van der Waals surface area contributed by atoms with E-state index < -0.39 is 12.6 Å². The molecule has 0 aromatic heterocycles. The second-order valence-electron chi connectivity index (χ2n) is 4.76. The summed E-state index contributed by atoms with van der Waals surface area (Å²) in [4.78, 5) is 23.2. The highest BCUT2D eigenvalue weighted by Crippen LogP contribution is 2.19. The highest BCUT2D eigenvalue weighted by molar-refractivity contribution is 5.97. The molecule has 0 aliphatic carbocycles. The Morgan fingerprint density at radius 2 is 1.57 bits per heavy atom. The second-order valence-corrected chi connectivity index (χ2v) is 4.76. The largest absolute Gasteiger partial charge is 0.394 e. The molecule has 0 saturated carbocycles. The molecule has 0 aliphatic heterocycles. The molecule has 2 aromatic carbocycles. The topological polar surface area (TPSA) is 66.4 Å². The molecule has 1 amide bonds. The molecule has 1 unspecified atom stereocenters. The van der Waals surface area contributed by atoms with Crippen LogP contribution in [0.4, 0.5) is 0 Å². The van der Waals surface area contributed by atoms with Gasteiger partial charge in [-0.05, 0) is 30.2 Å². The summed E-state index contributed by atoms with van der Waals surface area (Å²) in [5.74, 6) is -0.643. The van der Waals surface area contributed by atoms with Crippen LogP contribution in [0.25, 0.3) is 11.1 Å². The summed E-state index contributed by atoms with van der Waals surface area (Å²) in [7, 11) is 0. The van der Waals surface area contributed by atoms with E-state index in [9.17, 15) is 9.59 Å². The number of nitrogens with one attached hydrogen (secondary N) is 1. The van der Waals surface area contributed by atoms with Crippen molar-refractivity contribution in [1.29, 1.82) is 0 Å². The summed E-state index contributed by atoms with van der Waals surface area (Å²) in [5.41, 5.74) is 2.54. The highest BCUT2D eigenvalue weighted by Gasteiger charge is 2.16. The van der Waals surface area contributed by atoms with Crippen LogP contribution < -0.4 is 5.32 Å². The third kappa shape index (κ3) is 3.77. The zero-order chi connectivity index (χ0) is 15.2. The van der Waals surface area contributed by atoms with Gasteiger partial charge in [0.05, 0.1) is 6.61 Å². The van der Waals surface area contributed by atoms with Gasteiger partial charge in [-0.3, -0.25) is 9.59 Å². The molecule has 0 bridgehead atoms. The first-order valence-corrected chi connectivity index (χ1v) is 6.69. The Morgan fingerprint density at radius 3 is 2.10 bits per heavy atom. The third-order valence-electron chi connectivity index (χ3n) is 3.23. The highest BCUT2D eigenvalue weighted by atomic mass is 16.3. The number of hydrogen-bond donors (Lipinski definition) is 2. The lowest BCUT2D eigenvalue weighted by molar-refractivity contribution is -0.119. The smallest absolute Gasteiger partial charge is 0.251 e. The van der Waals surface area contributed by atoms with Crippen molar-refractivity contribution in [1.82, 2.24) is 5.32 Å². The Kier molecular flexibility index (Phi) is 4.85. The molecule has 2 N–H and O–H groups in total. The van der Waals surface area contributed by atoms with Gasteiger partial charge in [-0.2, -0.15) is 0 Å². The molecule has 2 aromatic rings. The molecule has 108 valence electrons. The Labute approximate surface area is 123 Å². The Balaban J connectivity index is 2.12. The minimum absolute atomic E-state index is 0.272. The number of Topliss-reactive ketones (excluding diaryl/α,β-unsaturated/α-hetero) is 1. The molecular weight excluding hydrogens is 266 g/mol. The number of ketones is 1. The molecule has 4 nitrogen and oxygen atoms in total. The monoisotopic (exact) mass is 283 g/mol. The molecular formula is C17H17NO3. The minimum atomic E-state index is -0.855. The van der Waals surface area contributed by atoms with Gasteiger partial charge in [0, 0.05) is 5.56 Å². The van der Waals surface area contributed by atoms with Crippen molar-refractivity contribution in [2.24, 2.45) is 0 Å². The van der Waals surface area contributed by atoms with Crippen molar-refractivity contribution in [3.63, 3.8) is 0 Å². The lowest BCUT2D eigenvalue weighted by Crippen LogP contribution is -2.42. The van der Waals surface area contributed by atoms with Gasteiger partial charge in [-0.15, -0.1) is 0 Å². The zero-order valence-corrected chi connectivity index (χ0v) is 11.7. The van der Waals surface area contributed by atoms with E-state index in [1.165, 1.54) is 6.92 Å². The lowest BCUT2D eigenvalue weighted by atomic mass is 10.0. The van der Waals surface area contributed by atoms with Gasteiger partial charge in [0.2, 0.25) is 0 Å². The standard InChI is InChI=1S/C17H17NO3/c1-12(20)16(11-19)18-17(21)15-9-7-14(8-10-15)13-5-3-2-4-6-13/h2-10,16,19H,11H2,1H3,(H,18,21). The Hall–Kier alpha value is -2.46. The summed E-state index contributed by atoms with van der Waals surface area (Å²) in [6, 6.07) is 16.1. The normalized spacial score (nSPS) is 11.7. The van der Waals surface area contributed by atoms with Crippen LogP contribution in [-0.2, 0) is 4.79 Å². The molecule has 0 spiro atoms. The fourth-order valence-electron chi connectivity index (χ4n) is 1.96. The number of aliphatic hydroxyl groups is 1. The van der Waals surface area contributed by atoms with Crippen molar-refractivity contribution < 1.29 is 14.7 Å². The quantitative estimate of drug-likeness (QED) is 0.882. The summed E-state index contributed by atoms with van der Waals surface area (Å²) >= 11 is 0. The Bertz CT molecular complexity index is 620. The third-order valence-corrected chi connectivity index (χ3v) is 3.23. The van der Waals surface area contributed by atoms with Gasteiger partial charge in [-0.25, -0.2) is 0 Å². The van der Waals surface area contributed by atoms with E-state index in [1.807, 2.05) is 42.5 Å². The van der Waals surface area contributed by atoms with Gasteiger partial charge in [0.1, 0.15) is 6.04 Å². The molecule has 2 rings (SSSR count). The molecule has 0 fully saturated rings. The van der Waals surface area contributed by atoms with E-state index in [-0.39, 0.29) is 11.7 Å².